The molecule has 15 heavy (non-hydrogen) atoms. The second kappa shape index (κ2) is 8.47. The van der Waals surface area contributed by atoms with E-state index in [9.17, 15) is 0 Å². The summed E-state index contributed by atoms with van der Waals surface area (Å²) < 4.78 is 15.5. The minimum Gasteiger partial charge on any atom is -0.382 e. The predicted octanol–water partition coefficient (Wildman–Crippen LogP) is 1.24. The molecule has 1 aromatic rings. The van der Waals surface area contributed by atoms with E-state index in [4.69, 9.17) is 14.2 Å². The Hall–Kier alpha value is -0.840. The molecule has 0 aliphatic rings. The van der Waals surface area contributed by atoms with Crippen LogP contribution in [0.1, 0.15) is 5.56 Å². The van der Waals surface area contributed by atoms with Gasteiger partial charge in [0.2, 0.25) is 0 Å². The zero-order valence-corrected chi connectivity index (χ0v) is 9.20. The molecule has 1 rings (SSSR count). The third kappa shape index (κ3) is 6.28. The highest BCUT2D eigenvalue weighted by Gasteiger charge is 1.93. The lowest BCUT2D eigenvalue weighted by atomic mass is 10.3. The van der Waals surface area contributed by atoms with E-state index in [0.29, 0.717) is 26.4 Å². The summed E-state index contributed by atoms with van der Waals surface area (Å²) in [6.07, 6.45) is 4.85. The first-order valence-corrected chi connectivity index (χ1v) is 5.19. The molecule has 0 aliphatic heterocycles. The van der Waals surface area contributed by atoms with Crippen LogP contribution in [0.3, 0.4) is 0 Å². The molecular formula is C11H19NO3. The summed E-state index contributed by atoms with van der Waals surface area (Å²) in [4.78, 5) is 3.01. The summed E-state index contributed by atoms with van der Waals surface area (Å²) in [5.41, 5.74) is 1.27. The zero-order valence-electron chi connectivity index (χ0n) is 9.20. The van der Waals surface area contributed by atoms with Crippen LogP contribution in [0, 0.1) is 0 Å². The fourth-order valence-electron chi connectivity index (χ4n) is 1.17. The van der Waals surface area contributed by atoms with Crippen molar-refractivity contribution in [1.29, 1.82) is 0 Å². The molecule has 0 fully saturated rings. The van der Waals surface area contributed by atoms with Crippen LogP contribution in [0.15, 0.2) is 18.5 Å². The molecule has 0 aliphatic carbocycles. The number of aromatic amines is 1. The van der Waals surface area contributed by atoms with Gasteiger partial charge in [-0.1, -0.05) is 0 Å². The van der Waals surface area contributed by atoms with Crippen molar-refractivity contribution in [1.82, 2.24) is 4.98 Å². The first kappa shape index (κ1) is 12.2. The van der Waals surface area contributed by atoms with Crippen LogP contribution in [0.25, 0.3) is 0 Å². The Kier molecular flexibility index (Phi) is 6.90. The lowest BCUT2D eigenvalue weighted by Crippen LogP contribution is -2.09. The number of rotatable bonds is 9. The summed E-state index contributed by atoms with van der Waals surface area (Å²) in [7, 11) is 1.66. The van der Waals surface area contributed by atoms with Crippen molar-refractivity contribution in [2.45, 2.75) is 6.42 Å². The molecule has 0 amide bonds. The summed E-state index contributed by atoms with van der Waals surface area (Å²) >= 11 is 0. The second-order valence-electron chi connectivity index (χ2n) is 3.19. The smallest absolute Gasteiger partial charge is 0.0701 e. The summed E-state index contributed by atoms with van der Waals surface area (Å²) in [6.45, 7) is 3.30. The summed E-state index contributed by atoms with van der Waals surface area (Å²) in [5, 5.41) is 0. The van der Waals surface area contributed by atoms with Crippen molar-refractivity contribution in [2.24, 2.45) is 0 Å². The molecule has 1 heterocycles. The Morgan fingerprint density at radius 1 is 1.07 bits per heavy atom. The largest absolute Gasteiger partial charge is 0.382 e. The van der Waals surface area contributed by atoms with Gasteiger partial charge in [-0.15, -0.1) is 0 Å². The van der Waals surface area contributed by atoms with E-state index < -0.39 is 0 Å². The molecule has 1 aromatic heterocycles. The quantitative estimate of drug-likeness (QED) is 0.628. The van der Waals surface area contributed by atoms with Gasteiger partial charge in [0.05, 0.1) is 33.0 Å². The van der Waals surface area contributed by atoms with Gasteiger partial charge in [0.25, 0.3) is 0 Å². The highest BCUT2D eigenvalue weighted by molar-refractivity contribution is 5.07. The molecule has 0 saturated carbocycles. The van der Waals surface area contributed by atoms with E-state index in [2.05, 4.69) is 11.1 Å². The molecule has 0 radical (unpaired) electrons. The Labute approximate surface area is 90.5 Å². The average molecular weight is 213 g/mol. The Balaban J connectivity index is 1.81. The van der Waals surface area contributed by atoms with Gasteiger partial charge in [0, 0.05) is 19.5 Å². The molecule has 0 unspecified atom stereocenters. The molecule has 0 aromatic carbocycles. The SMILES string of the molecule is COCCOCCOCCc1cc[nH]c1. The standard InChI is InChI=1S/C11H19NO3/c1-13-6-7-15-9-8-14-5-3-11-2-4-12-10-11/h2,4,10,12H,3,5-9H2,1H3. The fourth-order valence-corrected chi connectivity index (χ4v) is 1.17. The molecule has 0 bridgehead atoms. The first-order valence-electron chi connectivity index (χ1n) is 5.19. The minimum atomic E-state index is 0.635. The van der Waals surface area contributed by atoms with Gasteiger partial charge < -0.3 is 19.2 Å². The average Bonchev–Trinajstić information content (AvgIpc) is 2.75. The van der Waals surface area contributed by atoms with Crippen LogP contribution in [-0.2, 0) is 20.6 Å². The number of aromatic nitrogens is 1. The van der Waals surface area contributed by atoms with Gasteiger partial charge in [0.1, 0.15) is 0 Å². The lowest BCUT2D eigenvalue weighted by molar-refractivity contribution is 0.0256. The third-order valence-corrected chi connectivity index (χ3v) is 2.00. The van der Waals surface area contributed by atoms with Crippen LogP contribution in [0.2, 0.25) is 0 Å². The number of ether oxygens (including phenoxy) is 3. The molecule has 0 spiro atoms. The van der Waals surface area contributed by atoms with Crippen molar-refractivity contribution in [3.8, 4) is 0 Å². The van der Waals surface area contributed by atoms with E-state index >= 15 is 0 Å². The minimum absolute atomic E-state index is 0.635. The lowest BCUT2D eigenvalue weighted by Gasteiger charge is -2.04. The van der Waals surface area contributed by atoms with Gasteiger partial charge in [-0.2, -0.15) is 0 Å². The Morgan fingerprint density at radius 2 is 1.80 bits per heavy atom. The van der Waals surface area contributed by atoms with E-state index in [1.54, 1.807) is 7.11 Å². The Morgan fingerprint density at radius 3 is 2.47 bits per heavy atom. The number of nitrogens with one attached hydrogen (secondary N) is 1. The molecular weight excluding hydrogens is 194 g/mol. The van der Waals surface area contributed by atoms with Crippen molar-refractivity contribution >= 4 is 0 Å². The normalized spacial score (nSPS) is 10.7. The molecule has 4 nitrogen and oxygen atoms in total. The van der Waals surface area contributed by atoms with Crippen molar-refractivity contribution in [2.75, 3.05) is 40.1 Å². The van der Waals surface area contributed by atoms with Gasteiger partial charge in [-0.25, -0.2) is 0 Å². The van der Waals surface area contributed by atoms with Crippen molar-refractivity contribution in [3.05, 3.63) is 24.0 Å². The van der Waals surface area contributed by atoms with Gasteiger partial charge in [0.15, 0.2) is 0 Å². The number of hydrogen-bond acceptors (Lipinski definition) is 3. The van der Waals surface area contributed by atoms with Gasteiger partial charge >= 0.3 is 0 Å². The van der Waals surface area contributed by atoms with E-state index in [1.165, 1.54) is 5.56 Å². The number of H-pyrrole nitrogens is 1. The summed E-state index contributed by atoms with van der Waals surface area (Å²) in [6, 6.07) is 2.05. The number of hydrogen-bond donors (Lipinski definition) is 1. The van der Waals surface area contributed by atoms with Crippen LogP contribution >= 0.6 is 0 Å². The monoisotopic (exact) mass is 213 g/mol. The van der Waals surface area contributed by atoms with Crippen LogP contribution < -0.4 is 0 Å². The highest BCUT2D eigenvalue weighted by Crippen LogP contribution is 1.97. The van der Waals surface area contributed by atoms with Crippen LogP contribution in [0.5, 0.6) is 0 Å². The maximum absolute atomic E-state index is 5.41. The zero-order chi connectivity index (χ0) is 10.8. The van der Waals surface area contributed by atoms with E-state index in [0.717, 1.165) is 13.0 Å². The van der Waals surface area contributed by atoms with Crippen LogP contribution in [-0.4, -0.2) is 45.1 Å². The molecule has 4 heteroatoms. The highest BCUT2D eigenvalue weighted by atomic mass is 16.5. The fraction of sp³-hybridized carbons (Fsp3) is 0.636. The summed E-state index contributed by atoms with van der Waals surface area (Å²) in [5.74, 6) is 0. The van der Waals surface area contributed by atoms with Crippen molar-refractivity contribution < 1.29 is 14.2 Å². The Bertz CT molecular complexity index is 224. The third-order valence-electron chi connectivity index (χ3n) is 2.00. The van der Waals surface area contributed by atoms with Gasteiger partial charge in [-0.3, -0.25) is 0 Å². The molecule has 0 atom stereocenters. The molecule has 0 saturated heterocycles. The van der Waals surface area contributed by atoms with Crippen molar-refractivity contribution in [3.63, 3.8) is 0 Å². The number of methoxy groups -OCH3 is 1. The predicted molar refractivity (Wildman–Crippen MR) is 58.0 cm³/mol. The molecule has 86 valence electrons. The molecule has 1 N–H and O–H groups in total. The van der Waals surface area contributed by atoms with E-state index in [1.807, 2.05) is 12.4 Å². The van der Waals surface area contributed by atoms with Crippen LogP contribution in [0.4, 0.5) is 0 Å². The topological polar surface area (TPSA) is 43.5 Å². The van der Waals surface area contributed by atoms with E-state index in [-0.39, 0.29) is 0 Å². The second-order valence-corrected chi connectivity index (χ2v) is 3.19. The first-order chi connectivity index (χ1) is 7.43. The maximum atomic E-state index is 5.41. The van der Waals surface area contributed by atoms with Gasteiger partial charge in [-0.05, 0) is 18.1 Å². The maximum Gasteiger partial charge on any atom is 0.0701 e.